The summed E-state index contributed by atoms with van der Waals surface area (Å²) >= 11 is 0. The van der Waals surface area contributed by atoms with E-state index >= 15 is 0 Å². The molecule has 0 aromatic heterocycles. The lowest BCUT2D eigenvalue weighted by atomic mass is 10.0. The first kappa shape index (κ1) is 40.9. The average molecular weight is 697 g/mol. The van der Waals surface area contributed by atoms with Crippen LogP contribution in [0.4, 0.5) is 0 Å². The van der Waals surface area contributed by atoms with E-state index in [-0.39, 0.29) is 18.9 Å². The number of carbonyl (C=O) groups excluding carboxylic acids is 7. The summed E-state index contributed by atoms with van der Waals surface area (Å²) in [4.78, 5) is 104. The summed E-state index contributed by atoms with van der Waals surface area (Å²) in [5.74, 6) is -5.75. The van der Waals surface area contributed by atoms with Gasteiger partial charge in [0, 0.05) is 13.1 Å². The maximum absolute atomic E-state index is 13.4. The minimum atomic E-state index is -1.49. The van der Waals surface area contributed by atoms with E-state index in [1.807, 2.05) is 0 Å². The van der Waals surface area contributed by atoms with Gasteiger partial charge in [-0.15, -0.1) is 0 Å². The van der Waals surface area contributed by atoms with Crippen molar-refractivity contribution in [2.24, 2.45) is 11.7 Å². The number of nitrogens with one attached hydrogen (secondary N) is 5. The van der Waals surface area contributed by atoms with Crippen LogP contribution in [0, 0.1) is 5.92 Å². The number of hydrogen-bond acceptors (Lipinski definition) is 10. The predicted molar refractivity (Wildman–Crippen MR) is 174 cm³/mol. The van der Waals surface area contributed by atoms with Crippen molar-refractivity contribution in [1.29, 1.82) is 0 Å². The molecule has 49 heavy (non-hydrogen) atoms. The zero-order chi connectivity index (χ0) is 37.2. The molecule has 0 saturated carbocycles. The average Bonchev–Trinajstić information content (AvgIpc) is 3.71. The van der Waals surface area contributed by atoms with Gasteiger partial charge < -0.3 is 52.3 Å². The van der Waals surface area contributed by atoms with Crippen molar-refractivity contribution in [3.05, 3.63) is 0 Å². The van der Waals surface area contributed by atoms with Crippen LogP contribution in [0.3, 0.4) is 0 Å². The van der Waals surface area contributed by atoms with Crippen LogP contribution >= 0.6 is 0 Å². The molecule has 2 heterocycles. The molecule has 0 radical (unpaired) electrons. The SMILES string of the molecule is CC(C)C[C@H](NC(=O)[C@@H](NC(=O)CNC(=O)[C@@H]1CCCN1C(=O)[C@H](C)NC(=O)[C@@H]1CCCN1C(=O)[C@H](C)NC(=O)[C@H](C)N)[C@@H](C)O)C(=O)O. The zero-order valence-corrected chi connectivity index (χ0v) is 29.0. The van der Waals surface area contributed by atoms with Gasteiger partial charge in [0.15, 0.2) is 0 Å². The molecule has 2 fully saturated rings. The van der Waals surface area contributed by atoms with E-state index in [1.165, 1.54) is 37.5 Å². The molecule has 0 spiro atoms. The summed E-state index contributed by atoms with van der Waals surface area (Å²) in [5, 5.41) is 31.7. The number of hydrogen-bond donors (Lipinski definition) is 8. The van der Waals surface area contributed by atoms with Crippen LogP contribution < -0.4 is 32.3 Å². The maximum Gasteiger partial charge on any atom is 0.326 e. The molecular formula is C31H52N8O10. The fourth-order valence-electron chi connectivity index (χ4n) is 5.75. The van der Waals surface area contributed by atoms with E-state index in [1.54, 1.807) is 13.8 Å². The van der Waals surface area contributed by atoms with Gasteiger partial charge in [-0.05, 0) is 65.7 Å². The molecule has 2 rings (SSSR count). The fraction of sp³-hybridized carbons (Fsp3) is 0.742. The Bertz CT molecular complexity index is 1260. The Morgan fingerprint density at radius 2 is 1.24 bits per heavy atom. The molecule has 7 amide bonds. The first-order valence-electron chi connectivity index (χ1n) is 16.6. The minimum Gasteiger partial charge on any atom is -0.480 e. The van der Waals surface area contributed by atoms with E-state index in [2.05, 4.69) is 26.6 Å². The zero-order valence-electron chi connectivity index (χ0n) is 29.0. The summed E-state index contributed by atoms with van der Waals surface area (Å²) in [6, 6.07) is -7.29. The topological polar surface area (TPSA) is 270 Å². The number of carboxylic acids is 1. The summed E-state index contributed by atoms with van der Waals surface area (Å²) in [6.07, 6.45) is 0.431. The lowest BCUT2D eigenvalue weighted by molar-refractivity contribution is -0.144. The second kappa shape index (κ2) is 18.4. The molecular weight excluding hydrogens is 644 g/mol. The molecule has 0 bridgehead atoms. The van der Waals surface area contributed by atoms with E-state index in [4.69, 9.17) is 5.73 Å². The van der Waals surface area contributed by atoms with Crippen LogP contribution in [-0.2, 0) is 38.4 Å². The molecule has 9 N–H and O–H groups in total. The molecule has 18 heteroatoms. The predicted octanol–water partition coefficient (Wildman–Crippen LogP) is -3.08. The number of amides is 7. The van der Waals surface area contributed by atoms with Crippen LogP contribution in [0.25, 0.3) is 0 Å². The van der Waals surface area contributed by atoms with Crippen LogP contribution in [0.2, 0.25) is 0 Å². The fourth-order valence-corrected chi connectivity index (χ4v) is 5.75. The number of aliphatic hydroxyl groups is 1. The molecule has 276 valence electrons. The summed E-state index contributed by atoms with van der Waals surface area (Å²) in [6.45, 7) is 9.16. The van der Waals surface area contributed by atoms with E-state index in [0.29, 0.717) is 32.2 Å². The minimum absolute atomic E-state index is 0.0534. The highest BCUT2D eigenvalue weighted by molar-refractivity contribution is 5.97. The number of carbonyl (C=O) groups is 8. The monoisotopic (exact) mass is 696 g/mol. The smallest absolute Gasteiger partial charge is 0.326 e. The molecule has 8 atom stereocenters. The van der Waals surface area contributed by atoms with E-state index in [9.17, 15) is 48.6 Å². The van der Waals surface area contributed by atoms with Crippen LogP contribution in [-0.4, -0.2) is 135 Å². The highest BCUT2D eigenvalue weighted by Gasteiger charge is 2.40. The van der Waals surface area contributed by atoms with Crippen molar-refractivity contribution in [3.63, 3.8) is 0 Å². The molecule has 2 aliphatic heterocycles. The molecule has 0 unspecified atom stereocenters. The van der Waals surface area contributed by atoms with Crippen molar-refractivity contribution < 1.29 is 48.6 Å². The second-order valence-corrected chi connectivity index (χ2v) is 13.2. The highest BCUT2D eigenvalue weighted by atomic mass is 16.4. The Balaban J connectivity index is 1.95. The third-order valence-corrected chi connectivity index (χ3v) is 8.38. The Labute approximate surface area is 285 Å². The Morgan fingerprint density at radius 3 is 1.71 bits per heavy atom. The Hall–Kier alpha value is -4.32. The quantitative estimate of drug-likeness (QED) is 0.0802. The molecule has 2 aliphatic rings. The first-order chi connectivity index (χ1) is 22.8. The molecule has 0 aromatic rings. The molecule has 2 saturated heterocycles. The van der Waals surface area contributed by atoms with E-state index in [0.717, 1.165) is 0 Å². The van der Waals surface area contributed by atoms with Gasteiger partial charge in [-0.1, -0.05) is 13.8 Å². The third kappa shape index (κ3) is 11.7. The molecule has 0 aliphatic carbocycles. The molecule has 0 aromatic carbocycles. The maximum atomic E-state index is 13.4. The summed E-state index contributed by atoms with van der Waals surface area (Å²) < 4.78 is 0. The number of nitrogens with two attached hydrogens (primary N) is 1. The Kier molecular flexibility index (Phi) is 15.4. The van der Waals surface area contributed by atoms with Gasteiger partial charge in [0.05, 0.1) is 18.7 Å². The third-order valence-electron chi connectivity index (χ3n) is 8.38. The van der Waals surface area contributed by atoms with E-state index < -0.39 is 102 Å². The van der Waals surface area contributed by atoms with Gasteiger partial charge in [-0.25, -0.2) is 4.79 Å². The van der Waals surface area contributed by atoms with Crippen molar-refractivity contribution in [2.75, 3.05) is 19.6 Å². The van der Waals surface area contributed by atoms with Crippen LogP contribution in [0.5, 0.6) is 0 Å². The number of rotatable bonds is 16. The number of likely N-dealkylation sites (tertiary alicyclic amines) is 2. The van der Waals surface area contributed by atoms with Gasteiger partial charge in [-0.2, -0.15) is 0 Å². The standard InChI is InChI=1S/C31H52N8O10/c1-15(2)13-20(31(48)49)36-28(45)24(19(6)40)37-23(41)14-33-26(43)21-9-7-11-38(21)30(47)18(5)35-27(44)22-10-8-12-39(22)29(46)17(4)34-25(42)16(3)32/h15-22,24,40H,7-14,32H2,1-6H3,(H,33,43)(H,34,42)(H,35,44)(H,36,45)(H,37,41)(H,48,49)/t16-,17-,18-,19+,20-,21-,22-,24-/m0/s1. The summed E-state index contributed by atoms with van der Waals surface area (Å²) in [7, 11) is 0. The van der Waals surface area contributed by atoms with Gasteiger partial charge in [0.25, 0.3) is 0 Å². The van der Waals surface area contributed by atoms with Crippen LogP contribution in [0.15, 0.2) is 0 Å². The normalized spacial score (nSPS) is 21.1. The van der Waals surface area contributed by atoms with Crippen molar-refractivity contribution in [2.45, 2.75) is 122 Å². The van der Waals surface area contributed by atoms with Gasteiger partial charge in [-0.3, -0.25) is 33.6 Å². The second-order valence-electron chi connectivity index (χ2n) is 13.2. The Morgan fingerprint density at radius 1 is 0.735 bits per heavy atom. The number of nitrogens with zero attached hydrogens (tertiary/aromatic N) is 2. The number of carboxylic acid groups (broad SMARTS) is 1. The van der Waals surface area contributed by atoms with Crippen molar-refractivity contribution in [3.8, 4) is 0 Å². The van der Waals surface area contributed by atoms with Crippen molar-refractivity contribution in [1.82, 2.24) is 36.4 Å². The number of aliphatic hydroxyl groups excluding tert-OH is 1. The van der Waals surface area contributed by atoms with Gasteiger partial charge in [0.2, 0.25) is 41.4 Å². The van der Waals surface area contributed by atoms with Crippen LogP contribution in [0.1, 0.15) is 73.6 Å². The van der Waals surface area contributed by atoms with Crippen molar-refractivity contribution >= 4 is 47.3 Å². The van der Waals surface area contributed by atoms with Gasteiger partial charge in [0.1, 0.15) is 36.3 Å². The van der Waals surface area contributed by atoms with Gasteiger partial charge >= 0.3 is 5.97 Å². The summed E-state index contributed by atoms with van der Waals surface area (Å²) in [5.41, 5.74) is 5.56. The molecule has 18 nitrogen and oxygen atoms in total. The lowest BCUT2D eigenvalue weighted by Gasteiger charge is -2.30. The number of aliphatic carboxylic acids is 1. The lowest BCUT2D eigenvalue weighted by Crippen LogP contribution is -2.58. The highest BCUT2D eigenvalue weighted by Crippen LogP contribution is 2.21. The first-order valence-corrected chi connectivity index (χ1v) is 16.6. The largest absolute Gasteiger partial charge is 0.480 e.